The van der Waals surface area contributed by atoms with Crippen LogP contribution in [0.3, 0.4) is 0 Å². The molecule has 2 aromatic heterocycles. The Labute approximate surface area is 286 Å². The molecule has 0 saturated heterocycles. The standard InChI is InChI=1S/C18H15ClN2O.C12H12N2O.C6H3ClI/c1-12-18-15-4-2-3-5-17(15)21(11-10-16(18)20-22-12)14-8-6-13(19)7-9-14;1-8-12-9-4-2-3-5-10(9)13-7-6-11(12)14-15-8;7-5-1-3-6(8)4-2-5/h2-9H,10-11H2,1H3;2-5,13H,6-7H2,1H3;1,3-4H/q;;+1. The maximum Gasteiger partial charge on any atom is 0.204 e. The van der Waals surface area contributed by atoms with E-state index in [1.807, 2.05) is 56.3 Å². The Kier molecular flexibility index (Phi) is 9.71. The molecule has 1 aliphatic carbocycles. The number of halogens is 3. The van der Waals surface area contributed by atoms with Gasteiger partial charge in [0, 0.05) is 92.9 Å². The summed E-state index contributed by atoms with van der Waals surface area (Å²) in [6, 6.07) is 24.6. The summed E-state index contributed by atoms with van der Waals surface area (Å²) >= 11 is 13.8. The van der Waals surface area contributed by atoms with Crippen molar-refractivity contribution in [2.24, 2.45) is 0 Å². The van der Waals surface area contributed by atoms with E-state index in [9.17, 15) is 0 Å². The number of aromatic nitrogens is 2. The van der Waals surface area contributed by atoms with Crippen molar-refractivity contribution in [1.29, 1.82) is 0 Å². The zero-order chi connectivity index (χ0) is 31.3. The first-order valence-corrected chi connectivity index (χ1v) is 16.4. The number of allylic oxidation sites excluding steroid dienone is 6. The van der Waals surface area contributed by atoms with E-state index in [0.29, 0.717) is 5.03 Å². The number of aryl methyl sites for hydroxylation is 2. The van der Waals surface area contributed by atoms with Gasteiger partial charge in [-0.3, -0.25) is 0 Å². The van der Waals surface area contributed by atoms with Crippen molar-refractivity contribution in [2.45, 2.75) is 26.7 Å². The van der Waals surface area contributed by atoms with Crippen LogP contribution in [0.1, 0.15) is 22.9 Å². The summed E-state index contributed by atoms with van der Waals surface area (Å²) in [5.74, 6) is 1.78. The molecule has 2 aliphatic heterocycles. The van der Waals surface area contributed by atoms with Gasteiger partial charge in [0.2, 0.25) is 5.03 Å². The predicted octanol–water partition coefficient (Wildman–Crippen LogP) is 10.4. The molecule has 0 amide bonds. The lowest BCUT2D eigenvalue weighted by Gasteiger charge is -2.25. The number of fused-ring (bicyclic) bond motifs is 6. The van der Waals surface area contributed by atoms with Crippen LogP contribution in [0, 0.1) is 19.9 Å². The fourth-order valence-corrected chi connectivity index (χ4v) is 6.15. The molecule has 0 atom stereocenters. The minimum absolute atomic E-state index is 0.672. The third-order valence-corrected chi connectivity index (χ3v) is 8.81. The number of hydrogen-bond acceptors (Lipinski definition) is 6. The average Bonchev–Trinajstić information content (AvgIpc) is 3.48. The fourth-order valence-electron chi connectivity index (χ4n) is 5.57. The Hall–Kier alpha value is -3.88. The summed E-state index contributed by atoms with van der Waals surface area (Å²) in [6.07, 6.45) is 10.2. The van der Waals surface area contributed by atoms with Crippen molar-refractivity contribution in [3.05, 3.63) is 134 Å². The molecule has 45 heavy (non-hydrogen) atoms. The summed E-state index contributed by atoms with van der Waals surface area (Å²) in [5, 5.41) is 13.2. The highest BCUT2D eigenvalue weighted by molar-refractivity contribution is 14.1. The maximum atomic E-state index is 6.02. The lowest BCUT2D eigenvalue weighted by Crippen LogP contribution is -2.19. The Morgan fingerprint density at radius 2 is 1.44 bits per heavy atom. The van der Waals surface area contributed by atoms with Gasteiger partial charge in [-0.15, -0.1) is 0 Å². The summed E-state index contributed by atoms with van der Waals surface area (Å²) in [7, 11) is 0. The van der Waals surface area contributed by atoms with Gasteiger partial charge < -0.3 is 19.3 Å². The average molecular weight is 748 g/mol. The molecular weight excluding hydrogens is 718 g/mol. The van der Waals surface area contributed by atoms with Crippen LogP contribution in [0.25, 0.3) is 22.3 Å². The second-order valence-corrected chi connectivity index (χ2v) is 12.7. The highest BCUT2D eigenvalue weighted by atomic mass is 127. The molecular formula is C36H30Cl2IN4O2+. The van der Waals surface area contributed by atoms with Gasteiger partial charge >= 0.3 is 0 Å². The number of anilines is 3. The van der Waals surface area contributed by atoms with Gasteiger partial charge in [-0.25, -0.2) is 0 Å². The second-order valence-electron chi connectivity index (χ2n) is 10.6. The monoisotopic (exact) mass is 747 g/mol. The molecule has 1 N–H and O–H groups in total. The summed E-state index contributed by atoms with van der Waals surface area (Å²) in [5.41, 5.74) is 10.2. The number of rotatable bonds is 1. The zero-order valence-corrected chi connectivity index (χ0v) is 28.5. The Morgan fingerprint density at radius 1 is 0.800 bits per heavy atom. The van der Waals surface area contributed by atoms with Crippen molar-refractivity contribution < 1.29 is 9.05 Å². The van der Waals surface area contributed by atoms with Crippen LogP contribution < -0.4 is 10.2 Å². The number of nitrogens with zero attached hydrogens (tertiary/aromatic N) is 3. The number of nitrogens with one attached hydrogen (secondary N) is 1. The molecule has 3 aromatic carbocycles. The van der Waals surface area contributed by atoms with E-state index < -0.39 is 0 Å². The molecule has 3 aliphatic rings. The van der Waals surface area contributed by atoms with E-state index in [-0.39, 0.29) is 0 Å². The van der Waals surface area contributed by atoms with Gasteiger partial charge in [0.05, 0.1) is 29.6 Å². The van der Waals surface area contributed by atoms with Crippen LogP contribution in [-0.2, 0) is 12.8 Å². The van der Waals surface area contributed by atoms with E-state index >= 15 is 0 Å². The first-order chi connectivity index (χ1) is 21.9. The first-order valence-electron chi connectivity index (χ1n) is 14.6. The van der Waals surface area contributed by atoms with Crippen molar-refractivity contribution in [3.63, 3.8) is 0 Å². The molecule has 0 radical (unpaired) electrons. The van der Waals surface area contributed by atoms with Crippen LogP contribution in [0.5, 0.6) is 0 Å². The zero-order valence-electron chi connectivity index (χ0n) is 24.8. The lowest BCUT2D eigenvalue weighted by atomic mass is 10.0. The van der Waals surface area contributed by atoms with Crippen molar-refractivity contribution in [2.75, 3.05) is 23.3 Å². The molecule has 0 fully saturated rings. The molecule has 0 bridgehead atoms. The first kappa shape index (κ1) is 31.1. The number of hydrogen-bond donors (Lipinski definition) is 1. The minimum Gasteiger partial charge on any atom is -0.384 e. The van der Waals surface area contributed by atoms with Crippen LogP contribution in [0.4, 0.5) is 17.1 Å². The predicted molar refractivity (Wildman–Crippen MR) is 192 cm³/mol. The van der Waals surface area contributed by atoms with Gasteiger partial charge in [0.15, 0.2) is 0 Å². The Morgan fingerprint density at radius 3 is 2.13 bits per heavy atom. The SMILES string of the molecule is Cc1onc2c1-c1ccccc1N(c1ccc(Cl)cc1)CC2.Cc1onc2c1-c1ccccc1NCC2.ClC1=[C+]C=C(I)C=C1. The van der Waals surface area contributed by atoms with Crippen molar-refractivity contribution in [3.8, 4) is 22.3 Å². The normalized spacial score (nSPS) is 14.1. The lowest BCUT2D eigenvalue weighted by molar-refractivity contribution is 0.391. The third kappa shape index (κ3) is 7.02. The largest absolute Gasteiger partial charge is 0.384 e. The molecule has 8 rings (SSSR count). The molecule has 5 aromatic rings. The van der Waals surface area contributed by atoms with Gasteiger partial charge in [-0.1, -0.05) is 58.3 Å². The van der Waals surface area contributed by atoms with Gasteiger partial charge in [-0.2, -0.15) is 0 Å². The van der Waals surface area contributed by atoms with Gasteiger partial charge in [0.1, 0.15) is 21.2 Å². The van der Waals surface area contributed by atoms with Gasteiger partial charge in [-0.05, 0) is 61.8 Å². The molecule has 0 spiro atoms. The van der Waals surface area contributed by atoms with Crippen LogP contribution in [-0.4, -0.2) is 23.4 Å². The Bertz CT molecular complexity index is 1890. The maximum absolute atomic E-state index is 6.02. The van der Waals surface area contributed by atoms with E-state index in [0.717, 1.165) is 74.3 Å². The molecule has 0 saturated carbocycles. The van der Waals surface area contributed by atoms with Gasteiger partial charge in [0.25, 0.3) is 0 Å². The van der Waals surface area contributed by atoms with E-state index in [1.54, 1.807) is 0 Å². The van der Waals surface area contributed by atoms with E-state index in [4.69, 9.17) is 32.2 Å². The summed E-state index contributed by atoms with van der Waals surface area (Å²) in [4.78, 5) is 2.31. The summed E-state index contributed by atoms with van der Waals surface area (Å²) in [6.45, 7) is 5.71. The minimum atomic E-state index is 0.672. The molecule has 6 nitrogen and oxygen atoms in total. The Balaban J connectivity index is 0.000000134. The highest BCUT2D eigenvalue weighted by Crippen LogP contribution is 2.41. The third-order valence-electron chi connectivity index (χ3n) is 7.65. The topological polar surface area (TPSA) is 67.3 Å². The second kappa shape index (κ2) is 14.0. The molecule has 0 unspecified atom stereocenters. The molecule has 226 valence electrons. The summed E-state index contributed by atoms with van der Waals surface area (Å²) < 4.78 is 11.8. The number of benzene rings is 3. The van der Waals surface area contributed by atoms with Crippen LogP contribution in [0.15, 0.2) is 109 Å². The molecule has 4 heterocycles. The van der Waals surface area contributed by atoms with Crippen molar-refractivity contribution in [1.82, 2.24) is 10.3 Å². The highest BCUT2D eigenvalue weighted by Gasteiger charge is 2.25. The van der Waals surface area contributed by atoms with Crippen LogP contribution in [0.2, 0.25) is 5.02 Å². The van der Waals surface area contributed by atoms with E-state index in [2.05, 4.69) is 97.7 Å². The quantitative estimate of drug-likeness (QED) is 0.136. The molecule has 9 heteroatoms. The van der Waals surface area contributed by atoms with Crippen LogP contribution >= 0.6 is 45.8 Å². The number of para-hydroxylation sites is 2. The fraction of sp³-hybridized carbons (Fsp3) is 0.167. The van der Waals surface area contributed by atoms with Crippen molar-refractivity contribution >= 4 is 62.9 Å². The smallest absolute Gasteiger partial charge is 0.204 e. The van der Waals surface area contributed by atoms with E-state index in [1.165, 1.54) is 22.5 Å².